The van der Waals surface area contributed by atoms with E-state index in [9.17, 15) is 9.18 Å². The zero-order valence-corrected chi connectivity index (χ0v) is 13.1. The molecule has 0 aliphatic carbocycles. The van der Waals surface area contributed by atoms with Crippen LogP contribution in [0.4, 0.5) is 20.6 Å². The van der Waals surface area contributed by atoms with Gasteiger partial charge in [-0.2, -0.15) is 0 Å². The molecule has 2 fully saturated rings. The van der Waals surface area contributed by atoms with Crippen molar-refractivity contribution in [3.8, 4) is 0 Å². The van der Waals surface area contributed by atoms with Gasteiger partial charge in [-0.3, -0.25) is 4.90 Å². The molecular formula is C16H18FN5O2. The predicted octanol–water partition coefficient (Wildman–Crippen LogP) is 2.04. The smallest absolute Gasteiger partial charge is 0.414 e. The lowest BCUT2D eigenvalue weighted by Gasteiger charge is -2.20. The van der Waals surface area contributed by atoms with Crippen molar-refractivity contribution in [3.63, 3.8) is 0 Å². The Kier molecular flexibility index (Phi) is 3.79. The molecule has 1 aromatic carbocycles. The number of carbonyl (C=O) groups excluding carboxylic acids is 1. The molecule has 0 radical (unpaired) electrons. The summed E-state index contributed by atoms with van der Waals surface area (Å²) in [5.74, 6) is -0.304. The Morgan fingerprint density at radius 2 is 2.12 bits per heavy atom. The lowest BCUT2D eigenvalue weighted by molar-refractivity contribution is 0.129. The van der Waals surface area contributed by atoms with Crippen molar-refractivity contribution in [1.29, 1.82) is 0 Å². The van der Waals surface area contributed by atoms with Crippen LogP contribution in [0.5, 0.6) is 0 Å². The van der Waals surface area contributed by atoms with Crippen LogP contribution in [-0.2, 0) is 11.3 Å². The first-order chi connectivity index (χ1) is 11.7. The molecule has 2 saturated heterocycles. The number of hydrogen-bond donors (Lipinski definition) is 0. The van der Waals surface area contributed by atoms with Crippen LogP contribution in [0.2, 0.25) is 0 Å². The van der Waals surface area contributed by atoms with Gasteiger partial charge in [0.15, 0.2) is 0 Å². The number of nitrogens with zero attached hydrogens (tertiary/aromatic N) is 5. The number of hydrogen-bond acceptors (Lipinski definition) is 5. The molecule has 8 heteroatoms. The molecule has 2 aliphatic rings. The number of halogens is 1. The first-order valence-electron chi connectivity index (χ1n) is 8.07. The molecule has 24 heavy (non-hydrogen) atoms. The molecule has 3 heterocycles. The lowest BCUT2D eigenvalue weighted by Crippen LogP contribution is -2.26. The monoisotopic (exact) mass is 331 g/mol. The second-order valence-corrected chi connectivity index (χ2v) is 6.07. The topological polar surface area (TPSA) is 63.5 Å². The van der Waals surface area contributed by atoms with Crippen molar-refractivity contribution in [3.05, 3.63) is 36.4 Å². The van der Waals surface area contributed by atoms with Crippen molar-refractivity contribution in [1.82, 2.24) is 15.0 Å². The summed E-state index contributed by atoms with van der Waals surface area (Å²) in [5.41, 5.74) is 1.12. The van der Waals surface area contributed by atoms with Crippen molar-refractivity contribution in [2.45, 2.75) is 25.5 Å². The Hall–Kier alpha value is -2.64. The van der Waals surface area contributed by atoms with Crippen LogP contribution in [0.25, 0.3) is 0 Å². The van der Waals surface area contributed by atoms with Crippen molar-refractivity contribution < 1.29 is 13.9 Å². The Balaban J connectivity index is 1.49. The molecule has 1 amide bonds. The zero-order chi connectivity index (χ0) is 16.5. The first kappa shape index (κ1) is 14.9. The van der Waals surface area contributed by atoms with Crippen molar-refractivity contribution >= 4 is 17.5 Å². The third-order valence-corrected chi connectivity index (χ3v) is 4.43. The third kappa shape index (κ3) is 2.79. The fourth-order valence-corrected chi connectivity index (χ4v) is 3.24. The quantitative estimate of drug-likeness (QED) is 0.858. The van der Waals surface area contributed by atoms with Gasteiger partial charge in [0.2, 0.25) is 0 Å². The Bertz CT molecular complexity index is 730. The second-order valence-electron chi connectivity index (χ2n) is 6.07. The minimum Gasteiger partial charge on any atom is -0.442 e. The summed E-state index contributed by atoms with van der Waals surface area (Å²) >= 11 is 0. The fraction of sp³-hybridized carbons (Fsp3) is 0.438. The van der Waals surface area contributed by atoms with Gasteiger partial charge < -0.3 is 9.64 Å². The molecular weight excluding hydrogens is 313 g/mol. The molecule has 4 rings (SSSR count). The molecule has 1 aromatic heterocycles. The van der Waals surface area contributed by atoms with Gasteiger partial charge in [-0.05, 0) is 31.0 Å². The normalized spacial score (nSPS) is 20.7. The molecule has 126 valence electrons. The summed E-state index contributed by atoms with van der Waals surface area (Å²) in [5, 5.41) is 7.59. The number of cyclic esters (lactones) is 1. The number of aromatic nitrogens is 3. The van der Waals surface area contributed by atoms with Crippen molar-refractivity contribution in [2.75, 3.05) is 29.4 Å². The van der Waals surface area contributed by atoms with E-state index in [1.165, 1.54) is 11.0 Å². The summed E-state index contributed by atoms with van der Waals surface area (Å²) in [4.78, 5) is 15.6. The maximum Gasteiger partial charge on any atom is 0.414 e. The lowest BCUT2D eigenvalue weighted by atomic mass is 10.2. The molecule has 7 nitrogen and oxygen atoms in total. The van der Waals surface area contributed by atoms with Gasteiger partial charge in [-0.25, -0.2) is 13.9 Å². The van der Waals surface area contributed by atoms with E-state index in [1.54, 1.807) is 29.2 Å². The minimum absolute atomic E-state index is 0.304. The van der Waals surface area contributed by atoms with Crippen LogP contribution in [0.15, 0.2) is 30.6 Å². The molecule has 1 atom stereocenters. The maximum atomic E-state index is 14.4. The molecule has 2 aromatic rings. The van der Waals surface area contributed by atoms with E-state index in [2.05, 4.69) is 10.3 Å². The Labute approximate surface area is 138 Å². The highest BCUT2D eigenvalue weighted by Crippen LogP contribution is 2.29. The van der Waals surface area contributed by atoms with E-state index in [-0.39, 0.29) is 11.9 Å². The number of carbonyl (C=O) groups is 1. The highest BCUT2D eigenvalue weighted by Gasteiger charge is 2.33. The summed E-state index contributed by atoms with van der Waals surface area (Å²) < 4.78 is 21.4. The highest BCUT2D eigenvalue weighted by atomic mass is 19.1. The molecule has 0 spiro atoms. The van der Waals surface area contributed by atoms with Gasteiger partial charge >= 0.3 is 6.09 Å². The van der Waals surface area contributed by atoms with Gasteiger partial charge in [-0.15, -0.1) is 5.10 Å². The Morgan fingerprint density at radius 1 is 1.29 bits per heavy atom. The molecule has 0 saturated carbocycles. The highest BCUT2D eigenvalue weighted by molar-refractivity contribution is 5.90. The molecule has 0 bridgehead atoms. The predicted molar refractivity (Wildman–Crippen MR) is 85.5 cm³/mol. The van der Waals surface area contributed by atoms with Crippen LogP contribution >= 0.6 is 0 Å². The van der Waals surface area contributed by atoms with E-state index in [1.807, 2.05) is 4.90 Å². The SMILES string of the molecule is O=C1OC(Cn2ccnn2)CN1c1ccc(N2CCCC2)c(F)c1. The average Bonchev–Trinajstić information content (AvgIpc) is 3.30. The third-order valence-electron chi connectivity index (χ3n) is 4.43. The fourth-order valence-electron chi connectivity index (χ4n) is 3.24. The minimum atomic E-state index is -0.464. The average molecular weight is 331 g/mol. The van der Waals surface area contributed by atoms with E-state index >= 15 is 0 Å². The number of benzene rings is 1. The van der Waals surface area contributed by atoms with Crippen LogP contribution in [-0.4, -0.2) is 46.8 Å². The van der Waals surface area contributed by atoms with Gasteiger partial charge in [0.25, 0.3) is 0 Å². The maximum absolute atomic E-state index is 14.4. The van der Waals surface area contributed by atoms with Gasteiger partial charge in [0.1, 0.15) is 11.9 Å². The van der Waals surface area contributed by atoms with Crippen LogP contribution in [0.1, 0.15) is 12.8 Å². The summed E-state index contributed by atoms with van der Waals surface area (Å²) in [7, 11) is 0. The number of anilines is 2. The van der Waals surface area contributed by atoms with Gasteiger partial charge in [-0.1, -0.05) is 5.21 Å². The van der Waals surface area contributed by atoms with Crippen LogP contribution < -0.4 is 9.80 Å². The molecule has 1 unspecified atom stereocenters. The van der Waals surface area contributed by atoms with Crippen LogP contribution in [0, 0.1) is 5.82 Å². The Morgan fingerprint density at radius 3 is 2.83 bits per heavy atom. The number of amides is 1. The van der Waals surface area contributed by atoms with E-state index in [4.69, 9.17) is 4.74 Å². The van der Waals surface area contributed by atoms with E-state index in [0.717, 1.165) is 25.9 Å². The van der Waals surface area contributed by atoms with E-state index < -0.39 is 6.09 Å². The molecule has 2 aliphatic heterocycles. The number of ether oxygens (including phenoxy) is 1. The van der Waals surface area contributed by atoms with Crippen LogP contribution in [0.3, 0.4) is 0 Å². The summed E-state index contributed by atoms with van der Waals surface area (Å²) in [6, 6.07) is 4.93. The zero-order valence-electron chi connectivity index (χ0n) is 13.1. The number of rotatable bonds is 4. The van der Waals surface area contributed by atoms with E-state index in [0.29, 0.717) is 24.5 Å². The van der Waals surface area contributed by atoms with Gasteiger partial charge in [0.05, 0.1) is 30.7 Å². The first-order valence-corrected chi connectivity index (χ1v) is 8.07. The standard InChI is InChI=1S/C16H18FN5O2/c17-14-9-12(3-4-15(14)20-6-1-2-7-20)22-11-13(24-16(22)23)10-21-8-5-18-19-21/h3-5,8-9,13H,1-2,6-7,10-11H2. The van der Waals surface area contributed by atoms with Gasteiger partial charge in [0, 0.05) is 19.3 Å². The largest absolute Gasteiger partial charge is 0.442 e. The molecule has 0 N–H and O–H groups in total. The summed E-state index contributed by atoms with van der Waals surface area (Å²) in [6.07, 6.45) is 4.66. The van der Waals surface area contributed by atoms with Crippen molar-refractivity contribution in [2.24, 2.45) is 0 Å². The second kappa shape index (κ2) is 6.10. The summed E-state index contributed by atoms with van der Waals surface area (Å²) in [6.45, 7) is 2.54.